The van der Waals surface area contributed by atoms with Gasteiger partial charge in [0.25, 0.3) is 0 Å². The number of hydrogen-bond donors (Lipinski definition) is 1. The molecule has 1 saturated heterocycles. The molecular weight excluding hydrogens is 406 g/mol. The van der Waals surface area contributed by atoms with Crippen molar-refractivity contribution in [3.8, 4) is 0 Å². The number of amides is 1. The Labute approximate surface area is 182 Å². The number of anilines is 1. The van der Waals surface area contributed by atoms with E-state index >= 15 is 0 Å². The number of benzene rings is 3. The highest BCUT2D eigenvalue weighted by Gasteiger charge is 2.69. The summed E-state index contributed by atoms with van der Waals surface area (Å²) >= 11 is 0. The molecule has 5 heteroatoms. The number of aromatic carboxylic acids is 1. The van der Waals surface area contributed by atoms with Gasteiger partial charge in [0.05, 0.1) is 23.0 Å². The number of rotatable bonds is 5. The third-order valence-corrected chi connectivity index (χ3v) is 11.5. The first kappa shape index (κ1) is 18.7. The number of fused-ring (bicyclic) bond motifs is 1. The molecule has 3 unspecified atom stereocenters. The molecule has 1 amide bonds. The van der Waals surface area contributed by atoms with Crippen molar-refractivity contribution in [2.24, 2.45) is 0 Å². The van der Waals surface area contributed by atoms with Gasteiger partial charge in [0.15, 0.2) is 0 Å². The summed E-state index contributed by atoms with van der Waals surface area (Å²) in [6.07, 6.45) is 0.683. The molecule has 0 radical (unpaired) electrons. The standard InChI is InChI=1S/C26H23NO3S/c1-16-5-7-18(8-6-16)14-27-21-4-2-3-20-23-15-31(23,24(20)21)22(25(27)28)13-17-9-11-19(12-10-17)26(29)30/h2-12,22-23H,13-15H2,1H3,(H,29,30). The van der Waals surface area contributed by atoms with E-state index in [2.05, 4.69) is 49.4 Å². The molecule has 3 aliphatic heterocycles. The summed E-state index contributed by atoms with van der Waals surface area (Å²) in [4.78, 5) is 28.5. The minimum absolute atomic E-state index is 0.0129. The third kappa shape index (κ3) is 2.62. The van der Waals surface area contributed by atoms with E-state index in [1.807, 2.05) is 17.0 Å². The Balaban J connectivity index is 1.37. The fourth-order valence-electron chi connectivity index (χ4n) is 5.32. The van der Waals surface area contributed by atoms with E-state index in [9.17, 15) is 14.7 Å². The molecule has 1 fully saturated rings. The zero-order valence-corrected chi connectivity index (χ0v) is 18.1. The maximum Gasteiger partial charge on any atom is 0.335 e. The summed E-state index contributed by atoms with van der Waals surface area (Å²) in [5, 5.41) is 9.75. The first-order chi connectivity index (χ1) is 15.0. The molecule has 3 heterocycles. The van der Waals surface area contributed by atoms with Crippen LogP contribution in [0.25, 0.3) is 0 Å². The molecule has 0 aliphatic carbocycles. The van der Waals surface area contributed by atoms with Crippen LogP contribution >= 0.6 is 10.0 Å². The van der Waals surface area contributed by atoms with E-state index in [0.29, 0.717) is 18.2 Å². The lowest BCUT2D eigenvalue weighted by Crippen LogP contribution is -2.46. The second kappa shape index (κ2) is 6.47. The fourth-order valence-corrected chi connectivity index (χ4v) is 10.4. The lowest BCUT2D eigenvalue weighted by molar-refractivity contribution is -0.118. The van der Waals surface area contributed by atoms with Crippen LogP contribution in [-0.4, -0.2) is 28.0 Å². The normalized spacial score (nSPS) is 26.9. The Bertz CT molecular complexity index is 1230. The van der Waals surface area contributed by atoms with E-state index in [4.69, 9.17) is 0 Å². The predicted molar refractivity (Wildman–Crippen MR) is 123 cm³/mol. The van der Waals surface area contributed by atoms with Crippen LogP contribution < -0.4 is 4.90 Å². The summed E-state index contributed by atoms with van der Waals surface area (Å²) in [7, 11) is -1.07. The first-order valence-corrected chi connectivity index (χ1v) is 12.5. The SMILES string of the molecule is Cc1ccc(CN2C(=O)C(Cc3ccc(C(=O)O)cc3)S34CC3c3cccc2c34)cc1. The average molecular weight is 430 g/mol. The van der Waals surface area contributed by atoms with Crippen molar-refractivity contribution in [3.05, 3.63) is 94.5 Å². The molecular formula is C26H23NO3S. The van der Waals surface area contributed by atoms with Gasteiger partial charge in [-0.3, -0.25) is 4.79 Å². The lowest BCUT2D eigenvalue weighted by Gasteiger charge is -2.49. The molecule has 3 aromatic carbocycles. The summed E-state index contributed by atoms with van der Waals surface area (Å²) in [6.45, 7) is 2.66. The van der Waals surface area contributed by atoms with Gasteiger partial charge in [-0.15, -0.1) is 0 Å². The van der Waals surface area contributed by atoms with Gasteiger partial charge in [-0.25, -0.2) is 4.79 Å². The van der Waals surface area contributed by atoms with Gasteiger partial charge in [0.1, 0.15) is 0 Å². The summed E-state index contributed by atoms with van der Waals surface area (Å²) in [6, 6.07) is 21.9. The molecule has 1 N–H and O–H groups in total. The minimum atomic E-state index is -1.07. The lowest BCUT2D eigenvalue weighted by atomic mass is 10.0. The Morgan fingerprint density at radius 2 is 1.74 bits per heavy atom. The fraction of sp³-hybridized carbons (Fsp3) is 0.231. The highest BCUT2D eigenvalue weighted by Crippen LogP contribution is 2.95. The van der Waals surface area contributed by atoms with Crippen molar-refractivity contribution < 1.29 is 14.7 Å². The Hall–Kier alpha value is -3.05. The maximum atomic E-state index is 13.9. The number of carbonyl (C=O) groups is 2. The molecule has 6 rings (SSSR count). The van der Waals surface area contributed by atoms with Crippen molar-refractivity contribution in [2.75, 3.05) is 10.7 Å². The van der Waals surface area contributed by atoms with E-state index in [1.165, 1.54) is 16.0 Å². The third-order valence-electron chi connectivity index (χ3n) is 6.99. The van der Waals surface area contributed by atoms with Crippen LogP contribution in [0.5, 0.6) is 0 Å². The topological polar surface area (TPSA) is 57.6 Å². The van der Waals surface area contributed by atoms with Crippen molar-refractivity contribution >= 4 is 27.6 Å². The molecule has 156 valence electrons. The maximum absolute atomic E-state index is 13.9. The van der Waals surface area contributed by atoms with Gasteiger partial charge in [0, 0.05) is 10.1 Å². The van der Waals surface area contributed by atoms with Crippen LogP contribution in [0.4, 0.5) is 5.69 Å². The van der Waals surface area contributed by atoms with Gasteiger partial charge >= 0.3 is 5.97 Å². The van der Waals surface area contributed by atoms with Crippen molar-refractivity contribution in [1.29, 1.82) is 0 Å². The van der Waals surface area contributed by atoms with Gasteiger partial charge < -0.3 is 10.0 Å². The first-order valence-electron chi connectivity index (χ1n) is 10.6. The quantitative estimate of drug-likeness (QED) is 0.575. The molecule has 0 aromatic heterocycles. The molecule has 0 bridgehead atoms. The number of nitrogens with zero attached hydrogens (tertiary/aromatic N) is 1. The Morgan fingerprint density at radius 1 is 1.03 bits per heavy atom. The van der Waals surface area contributed by atoms with E-state index in [-0.39, 0.29) is 16.7 Å². The Morgan fingerprint density at radius 3 is 2.45 bits per heavy atom. The van der Waals surface area contributed by atoms with Crippen molar-refractivity contribution in [1.82, 2.24) is 0 Å². The van der Waals surface area contributed by atoms with Gasteiger partial charge in [-0.2, -0.15) is 10.0 Å². The molecule has 31 heavy (non-hydrogen) atoms. The second-order valence-electron chi connectivity index (χ2n) is 8.81. The molecule has 3 aromatic rings. The number of carboxylic acids is 1. The predicted octanol–water partition coefficient (Wildman–Crippen LogP) is 5.08. The van der Waals surface area contributed by atoms with E-state index in [0.717, 1.165) is 22.6 Å². The second-order valence-corrected chi connectivity index (χ2v) is 12.4. The highest BCUT2D eigenvalue weighted by molar-refractivity contribution is 8.41. The van der Waals surface area contributed by atoms with Crippen LogP contribution in [0.3, 0.4) is 0 Å². The van der Waals surface area contributed by atoms with Gasteiger partial charge in [0.2, 0.25) is 5.91 Å². The number of carbonyl (C=O) groups excluding carboxylic acids is 1. The summed E-state index contributed by atoms with van der Waals surface area (Å²) in [5.41, 5.74) is 6.23. The van der Waals surface area contributed by atoms with Crippen LogP contribution in [0.1, 0.15) is 37.9 Å². The van der Waals surface area contributed by atoms with E-state index in [1.54, 1.807) is 12.1 Å². The van der Waals surface area contributed by atoms with Crippen LogP contribution in [0.2, 0.25) is 0 Å². The van der Waals surface area contributed by atoms with Gasteiger partial charge in [-0.1, -0.05) is 54.1 Å². The van der Waals surface area contributed by atoms with Crippen molar-refractivity contribution in [2.45, 2.75) is 35.3 Å². The molecule has 3 atom stereocenters. The summed E-state index contributed by atoms with van der Waals surface area (Å²) < 4.78 is 0. The Kier molecular flexibility index (Phi) is 3.90. The molecule has 3 aliphatic rings. The summed E-state index contributed by atoms with van der Waals surface area (Å²) in [5.74, 6) is 0.444. The average Bonchev–Trinajstić information content (AvgIpc) is 3.42. The van der Waals surface area contributed by atoms with Crippen LogP contribution in [-0.2, 0) is 17.8 Å². The number of carboxylic acid groups (broad SMARTS) is 1. The molecule has 0 saturated carbocycles. The minimum Gasteiger partial charge on any atom is -0.478 e. The van der Waals surface area contributed by atoms with E-state index < -0.39 is 16.0 Å². The largest absolute Gasteiger partial charge is 0.478 e. The highest BCUT2D eigenvalue weighted by atomic mass is 32.3. The number of aryl methyl sites for hydroxylation is 1. The monoisotopic (exact) mass is 429 g/mol. The van der Waals surface area contributed by atoms with Crippen LogP contribution in [0, 0.1) is 6.92 Å². The number of hydrogen-bond acceptors (Lipinski definition) is 2. The van der Waals surface area contributed by atoms with Crippen LogP contribution in [0.15, 0.2) is 71.6 Å². The van der Waals surface area contributed by atoms with Crippen molar-refractivity contribution in [3.63, 3.8) is 0 Å². The smallest absolute Gasteiger partial charge is 0.335 e. The molecule has 4 nitrogen and oxygen atoms in total. The zero-order valence-electron chi connectivity index (χ0n) is 17.2. The van der Waals surface area contributed by atoms with Gasteiger partial charge in [-0.05, 0) is 54.0 Å². The zero-order chi connectivity index (χ0) is 21.3. The molecule has 1 spiro atoms.